The van der Waals surface area contributed by atoms with Crippen LogP contribution in [0.1, 0.15) is 0 Å². The molecule has 0 saturated heterocycles. The quantitative estimate of drug-likeness (QED) is 0.188. The maximum atomic E-state index is 6.74. The van der Waals surface area contributed by atoms with Gasteiger partial charge in [0.2, 0.25) is 0 Å². The number of hydrogen-bond acceptors (Lipinski definition) is 4. The average Bonchev–Trinajstić information content (AvgIpc) is 3.79. The van der Waals surface area contributed by atoms with Crippen molar-refractivity contribution >= 4 is 65.6 Å². The molecule has 0 amide bonds. The SMILES string of the molecule is c1ccc(-c2nc(-c3cc(-c4ccc(-c5ccc6c(c5)oc5ccccc56)cc4)cc4c3oc3ccc5ccccc5c34)nc3ccccc23)cc1. The summed E-state index contributed by atoms with van der Waals surface area (Å²) in [6.07, 6.45) is 0. The molecule has 0 saturated carbocycles. The van der Waals surface area contributed by atoms with Gasteiger partial charge in [-0.15, -0.1) is 0 Å². The molecule has 0 spiro atoms. The van der Waals surface area contributed by atoms with Crippen LogP contribution >= 0.6 is 0 Å². The lowest BCUT2D eigenvalue weighted by atomic mass is 9.95. The van der Waals surface area contributed by atoms with E-state index in [1.54, 1.807) is 0 Å². The Bertz CT molecular complexity index is 3170. The molecule has 11 aromatic rings. The zero-order valence-corrected chi connectivity index (χ0v) is 27.9. The third kappa shape index (κ3) is 4.48. The summed E-state index contributed by atoms with van der Waals surface area (Å²) in [7, 11) is 0. The Kier molecular flexibility index (Phi) is 6.22. The van der Waals surface area contributed by atoms with Crippen LogP contribution in [0.15, 0.2) is 179 Å². The highest BCUT2D eigenvalue weighted by Crippen LogP contribution is 2.42. The van der Waals surface area contributed by atoms with Crippen LogP contribution in [0, 0.1) is 0 Å². The van der Waals surface area contributed by atoms with Gasteiger partial charge in [0.15, 0.2) is 5.82 Å². The Hall–Kier alpha value is -7.04. The summed E-state index contributed by atoms with van der Waals surface area (Å²) < 4.78 is 12.9. The van der Waals surface area contributed by atoms with Gasteiger partial charge >= 0.3 is 0 Å². The fourth-order valence-corrected chi connectivity index (χ4v) is 7.76. The molecule has 3 aromatic heterocycles. The summed E-state index contributed by atoms with van der Waals surface area (Å²) in [5.41, 5.74) is 11.5. The standard InChI is InChI=1S/C48H28N2O2/c1-2-11-32(12-3-1)46-38-15-6-8-16-41(38)49-48(50-46)40-27-34(26-39-45-35-13-5-4-10-31(35)23-25-43(45)52-47(39)40)30-20-18-29(19-21-30)33-22-24-37-36-14-7-9-17-42(36)51-44(37)28-33/h1-28H. The van der Waals surface area contributed by atoms with Gasteiger partial charge in [0, 0.05) is 32.5 Å². The van der Waals surface area contributed by atoms with E-state index in [0.717, 1.165) is 99.2 Å². The molecule has 11 rings (SSSR count). The molecule has 3 heterocycles. The number of hydrogen-bond donors (Lipinski definition) is 0. The van der Waals surface area contributed by atoms with Crippen molar-refractivity contribution in [3.8, 4) is 44.9 Å². The first-order valence-corrected chi connectivity index (χ1v) is 17.5. The minimum absolute atomic E-state index is 0.628. The smallest absolute Gasteiger partial charge is 0.164 e. The van der Waals surface area contributed by atoms with E-state index < -0.39 is 0 Å². The molecule has 0 fully saturated rings. The lowest BCUT2D eigenvalue weighted by molar-refractivity contribution is 0.669. The van der Waals surface area contributed by atoms with Gasteiger partial charge in [-0.25, -0.2) is 9.97 Å². The summed E-state index contributed by atoms with van der Waals surface area (Å²) >= 11 is 0. The van der Waals surface area contributed by atoms with Gasteiger partial charge in [-0.05, 0) is 75.5 Å². The third-order valence-electron chi connectivity index (χ3n) is 10.3. The number of fused-ring (bicyclic) bond motifs is 9. The number of furan rings is 2. The van der Waals surface area contributed by atoms with E-state index >= 15 is 0 Å². The summed E-state index contributed by atoms with van der Waals surface area (Å²) in [6, 6.07) is 59.1. The molecule has 0 N–H and O–H groups in total. The van der Waals surface area contributed by atoms with Crippen molar-refractivity contribution in [2.75, 3.05) is 0 Å². The van der Waals surface area contributed by atoms with E-state index in [-0.39, 0.29) is 0 Å². The Morgan fingerprint density at radius 2 is 1.06 bits per heavy atom. The molecule has 0 bridgehead atoms. The summed E-state index contributed by atoms with van der Waals surface area (Å²) in [6.45, 7) is 0. The van der Waals surface area contributed by atoms with Crippen LogP contribution < -0.4 is 0 Å². The topological polar surface area (TPSA) is 52.1 Å². The summed E-state index contributed by atoms with van der Waals surface area (Å²) in [4.78, 5) is 10.4. The van der Waals surface area contributed by atoms with E-state index in [2.05, 4.69) is 127 Å². The van der Waals surface area contributed by atoms with Crippen LogP contribution in [0.5, 0.6) is 0 Å². The van der Waals surface area contributed by atoms with Crippen LogP contribution in [0.4, 0.5) is 0 Å². The number of benzene rings is 8. The number of aromatic nitrogens is 2. The second-order valence-corrected chi connectivity index (χ2v) is 13.3. The lowest BCUT2D eigenvalue weighted by Crippen LogP contribution is -1.96. The van der Waals surface area contributed by atoms with Crippen LogP contribution in [-0.2, 0) is 0 Å². The monoisotopic (exact) mass is 664 g/mol. The summed E-state index contributed by atoms with van der Waals surface area (Å²) in [5, 5.41) is 7.73. The predicted octanol–water partition coefficient (Wildman–Crippen LogP) is 13.2. The summed E-state index contributed by atoms with van der Waals surface area (Å²) in [5.74, 6) is 0.628. The van der Waals surface area contributed by atoms with Gasteiger partial charge in [0.1, 0.15) is 22.3 Å². The van der Waals surface area contributed by atoms with E-state index in [4.69, 9.17) is 18.8 Å². The van der Waals surface area contributed by atoms with E-state index in [1.165, 1.54) is 5.39 Å². The van der Waals surface area contributed by atoms with Crippen molar-refractivity contribution in [3.05, 3.63) is 170 Å². The molecule has 0 aliphatic carbocycles. The highest BCUT2D eigenvalue weighted by molar-refractivity contribution is 6.21. The molecule has 52 heavy (non-hydrogen) atoms. The van der Waals surface area contributed by atoms with Crippen molar-refractivity contribution < 1.29 is 8.83 Å². The second kappa shape index (κ2) is 11.2. The van der Waals surface area contributed by atoms with Gasteiger partial charge < -0.3 is 8.83 Å². The Labute approximate surface area is 298 Å². The molecule has 0 aliphatic rings. The van der Waals surface area contributed by atoms with Gasteiger partial charge in [0.05, 0.1) is 16.8 Å². The maximum Gasteiger partial charge on any atom is 0.164 e. The number of para-hydroxylation sites is 2. The zero-order chi connectivity index (χ0) is 34.2. The first-order chi connectivity index (χ1) is 25.7. The van der Waals surface area contributed by atoms with Crippen molar-refractivity contribution in [2.45, 2.75) is 0 Å². The van der Waals surface area contributed by atoms with Gasteiger partial charge in [-0.3, -0.25) is 0 Å². The number of rotatable bonds is 4. The molecule has 0 aliphatic heterocycles. The first kappa shape index (κ1) is 28.8. The largest absolute Gasteiger partial charge is 0.456 e. The van der Waals surface area contributed by atoms with Crippen molar-refractivity contribution in [1.29, 1.82) is 0 Å². The molecule has 8 aromatic carbocycles. The molecular formula is C48H28N2O2. The van der Waals surface area contributed by atoms with Crippen molar-refractivity contribution in [3.63, 3.8) is 0 Å². The van der Waals surface area contributed by atoms with Crippen LogP contribution in [0.3, 0.4) is 0 Å². The molecule has 0 atom stereocenters. The highest BCUT2D eigenvalue weighted by Gasteiger charge is 2.20. The highest BCUT2D eigenvalue weighted by atomic mass is 16.3. The molecule has 242 valence electrons. The van der Waals surface area contributed by atoms with Gasteiger partial charge in [-0.1, -0.05) is 127 Å². The minimum atomic E-state index is 0.628. The first-order valence-electron chi connectivity index (χ1n) is 17.5. The lowest BCUT2D eigenvalue weighted by Gasteiger charge is -2.12. The molecule has 4 nitrogen and oxygen atoms in total. The van der Waals surface area contributed by atoms with E-state index in [0.29, 0.717) is 5.82 Å². The van der Waals surface area contributed by atoms with Crippen LogP contribution in [0.25, 0.3) is 110 Å². The van der Waals surface area contributed by atoms with Gasteiger partial charge in [0.25, 0.3) is 0 Å². The fraction of sp³-hybridized carbons (Fsp3) is 0. The normalized spacial score (nSPS) is 11.8. The maximum absolute atomic E-state index is 6.74. The second-order valence-electron chi connectivity index (χ2n) is 13.3. The average molecular weight is 665 g/mol. The zero-order valence-electron chi connectivity index (χ0n) is 27.9. The van der Waals surface area contributed by atoms with E-state index in [9.17, 15) is 0 Å². The minimum Gasteiger partial charge on any atom is -0.456 e. The third-order valence-corrected chi connectivity index (χ3v) is 10.3. The predicted molar refractivity (Wildman–Crippen MR) is 213 cm³/mol. The Balaban J connectivity index is 1.12. The molecule has 0 unspecified atom stereocenters. The van der Waals surface area contributed by atoms with Crippen molar-refractivity contribution in [2.24, 2.45) is 0 Å². The Morgan fingerprint density at radius 1 is 0.365 bits per heavy atom. The Morgan fingerprint density at radius 3 is 1.92 bits per heavy atom. The van der Waals surface area contributed by atoms with Gasteiger partial charge in [-0.2, -0.15) is 0 Å². The van der Waals surface area contributed by atoms with Crippen LogP contribution in [-0.4, -0.2) is 9.97 Å². The molecule has 0 radical (unpaired) electrons. The molecule has 4 heteroatoms. The van der Waals surface area contributed by atoms with Crippen LogP contribution in [0.2, 0.25) is 0 Å². The molecular weight excluding hydrogens is 637 g/mol. The number of nitrogens with zero attached hydrogens (tertiary/aromatic N) is 2. The fourth-order valence-electron chi connectivity index (χ4n) is 7.76. The van der Waals surface area contributed by atoms with Crippen molar-refractivity contribution in [1.82, 2.24) is 9.97 Å². The van der Waals surface area contributed by atoms with E-state index in [1.807, 2.05) is 42.5 Å².